The zero-order valence-electron chi connectivity index (χ0n) is 15.5. The van der Waals surface area contributed by atoms with Crippen LogP contribution < -0.4 is 5.32 Å². The molecule has 0 amide bonds. The molecule has 0 saturated carbocycles. The minimum absolute atomic E-state index is 0.0561. The molecule has 3 rings (SSSR count). The Hall–Kier alpha value is -2.58. The molecule has 2 heterocycles. The molecular formula is C19H24N4O3S. The minimum Gasteiger partial charge on any atom is -0.506 e. The molecule has 1 aromatic carbocycles. The summed E-state index contributed by atoms with van der Waals surface area (Å²) in [4.78, 5) is 22.1. The van der Waals surface area contributed by atoms with E-state index in [1.54, 1.807) is 17.4 Å². The first-order valence-corrected chi connectivity index (χ1v) is 9.63. The Morgan fingerprint density at radius 2 is 2.07 bits per heavy atom. The number of ether oxygens (including phenoxy) is 1. The number of benzene rings is 1. The molecule has 1 aliphatic heterocycles. The number of methoxy groups -OCH3 is 1. The maximum absolute atomic E-state index is 11.8. The zero-order chi connectivity index (χ0) is 19.2. The summed E-state index contributed by atoms with van der Waals surface area (Å²) in [6.45, 7) is 4.11. The number of aliphatic imine (C=N–C) groups is 1. The van der Waals surface area contributed by atoms with Gasteiger partial charge in [-0.3, -0.25) is 0 Å². The van der Waals surface area contributed by atoms with Crippen molar-refractivity contribution in [1.29, 1.82) is 0 Å². The van der Waals surface area contributed by atoms with Gasteiger partial charge in [-0.25, -0.2) is 9.79 Å². The number of guanidine groups is 1. The summed E-state index contributed by atoms with van der Waals surface area (Å²) in [7, 11) is 3.43. The first-order chi connectivity index (χ1) is 13.1. The molecule has 0 bridgehead atoms. The van der Waals surface area contributed by atoms with Gasteiger partial charge in [0.05, 0.1) is 24.9 Å². The molecule has 0 spiro atoms. The third-order valence-electron chi connectivity index (χ3n) is 4.43. The van der Waals surface area contributed by atoms with Gasteiger partial charge >= 0.3 is 5.97 Å². The zero-order valence-corrected chi connectivity index (χ0v) is 16.3. The highest BCUT2D eigenvalue weighted by molar-refractivity contribution is 7.09. The van der Waals surface area contributed by atoms with Crippen LogP contribution in [0.4, 0.5) is 5.69 Å². The number of anilines is 1. The van der Waals surface area contributed by atoms with Crippen molar-refractivity contribution in [2.24, 2.45) is 4.99 Å². The van der Waals surface area contributed by atoms with Gasteiger partial charge in [0, 0.05) is 31.1 Å². The summed E-state index contributed by atoms with van der Waals surface area (Å²) >= 11 is 1.66. The molecule has 0 unspecified atom stereocenters. The Bertz CT molecular complexity index is 799. The predicted molar refractivity (Wildman–Crippen MR) is 108 cm³/mol. The molecule has 1 aromatic heterocycles. The number of hydrogen-bond acceptors (Lipinski definition) is 6. The highest BCUT2D eigenvalue weighted by Crippen LogP contribution is 2.25. The van der Waals surface area contributed by atoms with Gasteiger partial charge in [0.1, 0.15) is 5.75 Å². The van der Waals surface area contributed by atoms with Crippen LogP contribution in [0.1, 0.15) is 15.2 Å². The highest BCUT2D eigenvalue weighted by atomic mass is 32.1. The standard InChI is InChI=1S/C19H24N4O3S/c1-22-7-9-23(10-8-22)19(20-13-15-4-3-11-27-15)21-16-12-14(18(25)26-2)5-6-17(16)24/h3-6,11-12,24H,7-10,13H2,1-2H3,(H,20,21). The maximum Gasteiger partial charge on any atom is 0.337 e. The average Bonchev–Trinajstić information content (AvgIpc) is 3.20. The number of phenolic OH excluding ortho intramolecular Hbond substituents is 1. The van der Waals surface area contributed by atoms with Crippen molar-refractivity contribution < 1.29 is 14.6 Å². The molecule has 1 fully saturated rings. The molecule has 2 N–H and O–H groups in total. The van der Waals surface area contributed by atoms with Crippen molar-refractivity contribution in [2.45, 2.75) is 6.54 Å². The van der Waals surface area contributed by atoms with Crippen LogP contribution in [0.5, 0.6) is 5.75 Å². The first-order valence-electron chi connectivity index (χ1n) is 8.75. The monoisotopic (exact) mass is 388 g/mol. The van der Waals surface area contributed by atoms with Crippen LogP contribution >= 0.6 is 11.3 Å². The number of esters is 1. The lowest BCUT2D eigenvalue weighted by molar-refractivity contribution is 0.0601. The van der Waals surface area contributed by atoms with E-state index in [9.17, 15) is 9.90 Å². The topological polar surface area (TPSA) is 77.4 Å². The Morgan fingerprint density at radius 1 is 1.30 bits per heavy atom. The molecule has 0 radical (unpaired) electrons. The molecule has 27 heavy (non-hydrogen) atoms. The van der Waals surface area contributed by atoms with Crippen molar-refractivity contribution in [2.75, 3.05) is 45.7 Å². The number of likely N-dealkylation sites (N-methyl/N-ethyl adjacent to an activating group) is 1. The van der Waals surface area contributed by atoms with Gasteiger partial charge in [-0.05, 0) is 36.7 Å². The van der Waals surface area contributed by atoms with Crippen LogP contribution in [0, 0.1) is 0 Å². The molecule has 144 valence electrons. The van der Waals surface area contributed by atoms with E-state index in [0.29, 0.717) is 23.8 Å². The molecule has 1 aliphatic rings. The number of carbonyl (C=O) groups excluding carboxylic acids is 1. The van der Waals surface area contributed by atoms with Crippen molar-refractivity contribution in [3.8, 4) is 5.75 Å². The van der Waals surface area contributed by atoms with E-state index in [0.717, 1.165) is 31.1 Å². The summed E-state index contributed by atoms with van der Waals surface area (Å²) in [5.41, 5.74) is 0.801. The second kappa shape index (κ2) is 8.88. The fourth-order valence-electron chi connectivity index (χ4n) is 2.79. The Labute approximate surface area is 162 Å². The van der Waals surface area contributed by atoms with Crippen LogP contribution in [0.15, 0.2) is 40.7 Å². The van der Waals surface area contributed by atoms with E-state index in [4.69, 9.17) is 9.73 Å². The normalized spacial score (nSPS) is 15.6. The van der Waals surface area contributed by atoms with Crippen LogP contribution in [-0.4, -0.2) is 67.2 Å². The summed E-state index contributed by atoms with van der Waals surface area (Å²) in [6, 6.07) is 8.65. The lowest BCUT2D eigenvalue weighted by Gasteiger charge is -2.34. The number of piperazine rings is 1. The molecule has 2 aromatic rings. The number of nitrogens with one attached hydrogen (secondary N) is 1. The van der Waals surface area contributed by atoms with Gasteiger partial charge < -0.3 is 25.0 Å². The van der Waals surface area contributed by atoms with Crippen molar-refractivity contribution >= 4 is 29.0 Å². The quantitative estimate of drug-likeness (QED) is 0.363. The van der Waals surface area contributed by atoms with Crippen molar-refractivity contribution in [3.05, 3.63) is 46.2 Å². The third kappa shape index (κ3) is 4.99. The lowest BCUT2D eigenvalue weighted by atomic mass is 10.2. The number of nitrogens with zero attached hydrogens (tertiary/aromatic N) is 3. The lowest BCUT2D eigenvalue weighted by Crippen LogP contribution is -2.49. The summed E-state index contributed by atoms with van der Waals surface area (Å²) in [5.74, 6) is 0.296. The van der Waals surface area contributed by atoms with E-state index < -0.39 is 5.97 Å². The van der Waals surface area contributed by atoms with Gasteiger partial charge in [0.2, 0.25) is 0 Å². The van der Waals surface area contributed by atoms with E-state index in [-0.39, 0.29) is 5.75 Å². The van der Waals surface area contributed by atoms with E-state index in [1.807, 2.05) is 17.5 Å². The van der Waals surface area contributed by atoms with Crippen molar-refractivity contribution in [3.63, 3.8) is 0 Å². The van der Waals surface area contributed by atoms with Gasteiger partial charge in [0.25, 0.3) is 0 Å². The number of aromatic hydroxyl groups is 1. The number of hydrogen-bond donors (Lipinski definition) is 2. The minimum atomic E-state index is -0.449. The average molecular weight is 388 g/mol. The Kier molecular flexibility index (Phi) is 6.31. The third-order valence-corrected chi connectivity index (χ3v) is 5.29. The highest BCUT2D eigenvalue weighted by Gasteiger charge is 2.19. The SMILES string of the molecule is COC(=O)c1ccc(O)c(NC(=NCc2cccs2)N2CCN(C)CC2)c1. The van der Waals surface area contributed by atoms with E-state index in [2.05, 4.69) is 22.2 Å². The molecule has 0 atom stereocenters. The van der Waals surface area contributed by atoms with Crippen LogP contribution in [0.25, 0.3) is 0 Å². The van der Waals surface area contributed by atoms with E-state index >= 15 is 0 Å². The van der Waals surface area contributed by atoms with Gasteiger partial charge in [-0.2, -0.15) is 0 Å². The number of rotatable bonds is 4. The Balaban J connectivity index is 1.84. The Morgan fingerprint density at radius 3 is 2.74 bits per heavy atom. The van der Waals surface area contributed by atoms with Crippen LogP contribution in [-0.2, 0) is 11.3 Å². The second-order valence-electron chi connectivity index (χ2n) is 6.36. The summed E-state index contributed by atoms with van der Waals surface area (Å²) in [5, 5.41) is 15.5. The van der Waals surface area contributed by atoms with Crippen LogP contribution in [0.2, 0.25) is 0 Å². The number of carbonyl (C=O) groups is 1. The molecule has 1 saturated heterocycles. The fourth-order valence-corrected chi connectivity index (χ4v) is 3.42. The second-order valence-corrected chi connectivity index (χ2v) is 7.39. The number of thiophene rings is 1. The van der Waals surface area contributed by atoms with E-state index in [1.165, 1.54) is 19.2 Å². The molecular weight excluding hydrogens is 364 g/mol. The number of phenols is 1. The molecule has 7 nitrogen and oxygen atoms in total. The molecule has 0 aliphatic carbocycles. The first kappa shape index (κ1) is 19.2. The van der Waals surface area contributed by atoms with Crippen LogP contribution in [0.3, 0.4) is 0 Å². The largest absolute Gasteiger partial charge is 0.506 e. The smallest absolute Gasteiger partial charge is 0.337 e. The predicted octanol–water partition coefficient (Wildman–Crippen LogP) is 2.46. The van der Waals surface area contributed by atoms with Crippen molar-refractivity contribution in [1.82, 2.24) is 9.80 Å². The maximum atomic E-state index is 11.8. The van der Waals surface area contributed by atoms with Gasteiger partial charge in [-0.15, -0.1) is 11.3 Å². The van der Waals surface area contributed by atoms with Gasteiger partial charge in [-0.1, -0.05) is 6.07 Å². The fraction of sp³-hybridized carbons (Fsp3) is 0.368. The van der Waals surface area contributed by atoms with Gasteiger partial charge in [0.15, 0.2) is 5.96 Å². The summed E-state index contributed by atoms with van der Waals surface area (Å²) < 4.78 is 4.77. The summed E-state index contributed by atoms with van der Waals surface area (Å²) in [6.07, 6.45) is 0. The molecule has 8 heteroatoms.